The predicted molar refractivity (Wildman–Crippen MR) is 77.3 cm³/mol. The zero-order chi connectivity index (χ0) is 14.2. The lowest BCUT2D eigenvalue weighted by Crippen LogP contribution is -2.10. The number of ether oxygens (including phenoxy) is 1. The van der Waals surface area contributed by atoms with Crippen LogP contribution < -0.4 is 0 Å². The third-order valence-electron chi connectivity index (χ3n) is 3.50. The van der Waals surface area contributed by atoms with Crippen LogP contribution in [0.15, 0.2) is 24.4 Å². The third-order valence-corrected chi connectivity index (χ3v) is 3.50. The largest absolute Gasteiger partial charge is 0.469 e. The van der Waals surface area contributed by atoms with Crippen molar-refractivity contribution >= 4 is 16.9 Å². The highest BCUT2D eigenvalue weighted by Crippen LogP contribution is 2.29. The number of esters is 1. The van der Waals surface area contributed by atoms with E-state index in [1.54, 1.807) is 0 Å². The van der Waals surface area contributed by atoms with Crippen LogP contribution in [-0.4, -0.2) is 17.6 Å². The van der Waals surface area contributed by atoms with Crippen LogP contribution in [0, 0.1) is 0 Å². The van der Waals surface area contributed by atoms with Crippen molar-refractivity contribution in [3.63, 3.8) is 0 Å². The van der Waals surface area contributed by atoms with Gasteiger partial charge in [0.25, 0.3) is 0 Å². The summed E-state index contributed by atoms with van der Waals surface area (Å²) in [5.74, 6) is -0.200. The number of carbonyl (C=O) groups is 1. The summed E-state index contributed by atoms with van der Waals surface area (Å²) in [6, 6.07) is 6.47. The Labute approximate surface area is 114 Å². The van der Waals surface area contributed by atoms with Gasteiger partial charge in [0.1, 0.15) is 0 Å². The molecule has 3 heteroatoms. The van der Waals surface area contributed by atoms with Gasteiger partial charge in [-0.15, -0.1) is 0 Å². The van der Waals surface area contributed by atoms with Gasteiger partial charge < -0.3 is 9.30 Å². The second-order valence-corrected chi connectivity index (χ2v) is 6.00. The van der Waals surface area contributed by atoms with Gasteiger partial charge in [-0.2, -0.15) is 0 Å². The van der Waals surface area contributed by atoms with E-state index in [2.05, 4.69) is 43.5 Å². The number of aryl methyl sites for hydroxylation is 1. The first-order valence-electron chi connectivity index (χ1n) is 6.48. The highest BCUT2D eigenvalue weighted by molar-refractivity contribution is 5.88. The summed E-state index contributed by atoms with van der Waals surface area (Å²) < 4.78 is 6.82. The van der Waals surface area contributed by atoms with E-state index >= 15 is 0 Å². The Hall–Kier alpha value is -1.77. The monoisotopic (exact) mass is 259 g/mol. The lowest BCUT2D eigenvalue weighted by Gasteiger charge is -2.19. The molecular weight excluding hydrogens is 238 g/mol. The molecule has 3 nitrogen and oxygen atoms in total. The molecule has 0 radical (unpaired) electrons. The van der Waals surface area contributed by atoms with Gasteiger partial charge in [-0.1, -0.05) is 26.8 Å². The summed E-state index contributed by atoms with van der Waals surface area (Å²) in [5.41, 5.74) is 3.55. The smallest absolute Gasteiger partial charge is 0.310 e. The molecule has 0 aliphatic rings. The highest BCUT2D eigenvalue weighted by Gasteiger charge is 2.17. The molecule has 0 atom stereocenters. The molecule has 1 aromatic carbocycles. The van der Waals surface area contributed by atoms with Crippen molar-refractivity contribution in [1.29, 1.82) is 0 Å². The number of nitrogens with zero attached hydrogens (tertiary/aromatic N) is 1. The first kappa shape index (κ1) is 13.7. The van der Waals surface area contributed by atoms with E-state index in [1.165, 1.54) is 12.7 Å². The van der Waals surface area contributed by atoms with E-state index in [1.807, 2.05) is 13.2 Å². The summed E-state index contributed by atoms with van der Waals surface area (Å²) in [6.07, 6.45) is 2.33. The van der Waals surface area contributed by atoms with Gasteiger partial charge in [0.15, 0.2) is 0 Å². The van der Waals surface area contributed by atoms with Crippen molar-refractivity contribution in [1.82, 2.24) is 4.57 Å². The van der Waals surface area contributed by atoms with Crippen molar-refractivity contribution in [3.8, 4) is 0 Å². The predicted octanol–water partition coefficient (Wildman–Crippen LogP) is 3.19. The number of hydrogen-bond acceptors (Lipinski definition) is 2. The molecule has 102 valence electrons. The normalized spacial score (nSPS) is 11.8. The average molecular weight is 259 g/mol. The fraction of sp³-hybridized carbons (Fsp3) is 0.438. The number of aromatic nitrogens is 1. The molecule has 0 saturated carbocycles. The van der Waals surface area contributed by atoms with Gasteiger partial charge in [0, 0.05) is 24.1 Å². The number of methoxy groups -OCH3 is 1. The number of benzene rings is 1. The van der Waals surface area contributed by atoms with E-state index in [-0.39, 0.29) is 11.4 Å². The maximum Gasteiger partial charge on any atom is 0.310 e. The Kier molecular flexibility index (Phi) is 3.40. The molecule has 1 aromatic heterocycles. The highest BCUT2D eigenvalue weighted by atomic mass is 16.5. The maximum atomic E-state index is 11.5. The molecule has 0 amide bonds. The van der Waals surface area contributed by atoms with E-state index in [0.717, 1.165) is 16.5 Å². The van der Waals surface area contributed by atoms with E-state index in [0.29, 0.717) is 6.42 Å². The fourth-order valence-corrected chi connectivity index (χ4v) is 2.31. The van der Waals surface area contributed by atoms with Gasteiger partial charge in [0.2, 0.25) is 0 Å². The minimum absolute atomic E-state index is 0.104. The van der Waals surface area contributed by atoms with Crippen molar-refractivity contribution < 1.29 is 9.53 Å². The molecule has 19 heavy (non-hydrogen) atoms. The molecule has 2 aromatic rings. The third kappa shape index (κ3) is 2.65. The van der Waals surface area contributed by atoms with Crippen LogP contribution in [0.25, 0.3) is 10.9 Å². The molecule has 0 bridgehead atoms. The van der Waals surface area contributed by atoms with Crippen molar-refractivity contribution in [2.45, 2.75) is 32.6 Å². The van der Waals surface area contributed by atoms with Gasteiger partial charge in [-0.25, -0.2) is 0 Å². The van der Waals surface area contributed by atoms with Crippen LogP contribution in [0.5, 0.6) is 0 Å². The van der Waals surface area contributed by atoms with Crippen molar-refractivity contribution in [2.24, 2.45) is 7.05 Å². The molecule has 2 rings (SSSR count). The first-order chi connectivity index (χ1) is 8.82. The number of hydrogen-bond donors (Lipinski definition) is 0. The van der Waals surface area contributed by atoms with Crippen LogP contribution in [-0.2, 0) is 28.4 Å². The van der Waals surface area contributed by atoms with Crippen LogP contribution >= 0.6 is 0 Å². The average Bonchev–Trinajstić information content (AvgIpc) is 2.65. The Morgan fingerprint density at radius 2 is 2.00 bits per heavy atom. The number of fused-ring (bicyclic) bond motifs is 1. The minimum Gasteiger partial charge on any atom is -0.469 e. The standard InChI is InChI=1S/C16H21NO2/c1-16(2,3)12-6-7-14-13(9-12)11(10-17(14)4)8-15(18)19-5/h6-7,9-10H,8H2,1-5H3. The van der Waals surface area contributed by atoms with Crippen LogP contribution in [0.4, 0.5) is 0 Å². The number of carbonyl (C=O) groups excluding carboxylic acids is 1. The second-order valence-electron chi connectivity index (χ2n) is 6.00. The quantitative estimate of drug-likeness (QED) is 0.776. The molecule has 0 N–H and O–H groups in total. The molecule has 0 aliphatic carbocycles. The molecule has 0 aliphatic heterocycles. The second kappa shape index (κ2) is 4.72. The molecule has 0 saturated heterocycles. The molecule has 0 fully saturated rings. The molecule has 1 heterocycles. The minimum atomic E-state index is -0.200. The topological polar surface area (TPSA) is 31.2 Å². The Morgan fingerprint density at radius 1 is 1.32 bits per heavy atom. The summed E-state index contributed by atoms with van der Waals surface area (Å²) >= 11 is 0. The van der Waals surface area contributed by atoms with E-state index < -0.39 is 0 Å². The zero-order valence-electron chi connectivity index (χ0n) is 12.3. The lowest BCUT2D eigenvalue weighted by molar-refractivity contribution is -0.139. The van der Waals surface area contributed by atoms with Gasteiger partial charge in [0.05, 0.1) is 13.5 Å². The van der Waals surface area contributed by atoms with Gasteiger partial charge in [-0.3, -0.25) is 4.79 Å². The first-order valence-corrected chi connectivity index (χ1v) is 6.48. The van der Waals surface area contributed by atoms with E-state index in [4.69, 9.17) is 4.74 Å². The van der Waals surface area contributed by atoms with Crippen LogP contribution in [0.3, 0.4) is 0 Å². The Bertz CT molecular complexity index is 617. The SMILES string of the molecule is COC(=O)Cc1cn(C)c2ccc(C(C)(C)C)cc12. The van der Waals surface area contributed by atoms with Gasteiger partial charge >= 0.3 is 5.97 Å². The lowest BCUT2D eigenvalue weighted by atomic mass is 9.86. The Balaban J connectivity index is 2.56. The number of rotatable bonds is 2. The zero-order valence-corrected chi connectivity index (χ0v) is 12.3. The van der Waals surface area contributed by atoms with E-state index in [9.17, 15) is 4.79 Å². The van der Waals surface area contributed by atoms with Crippen molar-refractivity contribution in [2.75, 3.05) is 7.11 Å². The Morgan fingerprint density at radius 3 is 2.58 bits per heavy atom. The fourth-order valence-electron chi connectivity index (χ4n) is 2.31. The van der Waals surface area contributed by atoms with Crippen molar-refractivity contribution in [3.05, 3.63) is 35.5 Å². The van der Waals surface area contributed by atoms with Crippen LogP contribution in [0.1, 0.15) is 31.9 Å². The van der Waals surface area contributed by atoms with Gasteiger partial charge in [-0.05, 0) is 28.7 Å². The molecule has 0 spiro atoms. The summed E-state index contributed by atoms with van der Waals surface area (Å²) in [4.78, 5) is 11.5. The summed E-state index contributed by atoms with van der Waals surface area (Å²) in [5, 5.41) is 1.14. The summed E-state index contributed by atoms with van der Waals surface area (Å²) in [6.45, 7) is 6.57. The van der Waals surface area contributed by atoms with Crippen LogP contribution in [0.2, 0.25) is 0 Å². The molecule has 0 unspecified atom stereocenters. The molecular formula is C16H21NO2. The summed E-state index contributed by atoms with van der Waals surface area (Å²) in [7, 11) is 3.42. The maximum absolute atomic E-state index is 11.5.